The van der Waals surface area contributed by atoms with Crippen molar-refractivity contribution in [3.63, 3.8) is 0 Å². The highest BCUT2D eigenvalue weighted by Crippen LogP contribution is 1.98. The lowest BCUT2D eigenvalue weighted by Crippen LogP contribution is -2.35. The van der Waals surface area contributed by atoms with Gasteiger partial charge < -0.3 is 10.4 Å². The Kier molecular flexibility index (Phi) is 5.28. The van der Waals surface area contributed by atoms with Gasteiger partial charge in [-0.3, -0.25) is 4.68 Å². The van der Waals surface area contributed by atoms with Gasteiger partial charge >= 0.3 is 0 Å². The van der Waals surface area contributed by atoms with E-state index < -0.39 is 0 Å². The summed E-state index contributed by atoms with van der Waals surface area (Å²) in [4.78, 5) is 3.89. The molecule has 15 heavy (non-hydrogen) atoms. The summed E-state index contributed by atoms with van der Waals surface area (Å²) in [6, 6.07) is 0.788. The monoisotopic (exact) mass is 212 g/mol. The minimum absolute atomic E-state index is 0.240. The molecular weight excluding hydrogens is 192 g/mol. The largest absolute Gasteiger partial charge is 0.396 e. The fourth-order valence-electron chi connectivity index (χ4n) is 1.52. The van der Waals surface area contributed by atoms with Crippen LogP contribution in [0.25, 0.3) is 0 Å². The zero-order valence-electron chi connectivity index (χ0n) is 9.43. The number of aliphatic hydroxyl groups excluding tert-OH is 1. The first-order valence-corrected chi connectivity index (χ1v) is 5.41. The molecule has 0 bridgehead atoms. The van der Waals surface area contributed by atoms with Crippen LogP contribution in [0, 0.1) is 0 Å². The van der Waals surface area contributed by atoms with Crippen LogP contribution in [-0.4, -0.2) is 38.6 Å². The molecule has 0 saturated carbocycles. The number of nitrogens with one attached hydrogen (secondary N) is 1. The summed E-state index contributed by atoms with van der Waals surface area (Å²) in [5.74, 6) is 0. The van der Waals surface area contributed by atoms with Gasteiger partial charge in [0.2, 0.25) is 0 Å². The normalized spacial score (nSPS) is 15.1. The van der Waals surface area contributed by atoms with Crippen molar-refractivity contribution in [1.82, 2.24) is 20.1 Å². The van der Waals surface area contributed by atoms with E-state index in [2.05, 4.69) is 29.2 Å². The summed E-state index contributed by atoms with van der Waals surface area (Å²) in [6.45, 7) is 5.34. The minimum Gasteiger partial charge on any atom is -0.396 e. The Morgan fingerprint density at radius 2 is 2.07 bits per heavy atom. The van der Waals surface area contributed by atoms with E-state index >= 15 is 0 Å². The molecule has 0 fully saturated rings. The molecule has 0 saturated heterocycles. The molecule has 0 radical (unpaired) electrons. The average Bonchev–Trinajstić information content (AvgIpc) is 2.67. The Morgan fingerprint density at radius 1 is 1.33 bits per heavy atom. The van der Waals surface area contributed by atoms with Gasteiger partial charge in [-0.15, -0.1) is 0 Å². The molecule has 86 valence electrons. The smallest absolute Gasteiger partial charge is 0.137 e. The molecule has 0 amide bonds. The summed E-state index contributed by atoms with van der Waals surface area (Å²) in [5, 5.41) is 16.2. The van der Waals surface area contributed by atoms with Crippen molar-refractivity contribution < 1.29 is 5.11 Å². The van der Waals surface area contributed by atoms with Crippen LogP contribution in [-0.2, 0) is 6.54 Å². The number of aromatic nitrogens is 3. The first kappa shape index (κ1) is 12.1. The van der Waals surface area contributed by atoms with E-state index in [1.54, 1.807) is 12.7 Å². The van der Waals surface area contributed by atoms with Crippen LogP contribution in [0.1, 0.15) is 26.7 Å². The van der Waals surface area contributed by atoms with Crippen molar-refractivity contribution in [2.45, 2.75) is 45.3 Å². The van der Waals surface area contributed by atoms with Gasteiger partial charge in [-0.2, -0.15) is 5.10 Å². The molecule has 1 heterocycles. The fraction of sp³-hybridized carbons (Fsp3) is 0.800. The molecule has 1 aromatic rings. The minimum atomic E-state index is 0.240. The average molecular weight is 212 g/mol. The van der Waals surface area contributed by atoms with Gasteiger partial charge in [0, 0.05) is 25.2 Å². The van der Waals surface area contributed by atoms with Gasteiger partial charge in [-0.05, 0) is 26.7 Å². The number of aliphatic hydroxyl groups is 1. The zero-order chi connectivity index (χ0) is 11.1. The van der Waals surface area contributed by atoms with Crippen molar-refractivity contribution in [2.24, 2.45) is 0 Å². The quantitative estimate of drug-likeness (QED) is 0.687. The van der Waals surface area contributed by atoms with E-state index in [4.69, 9.17) is 5.11 Å². The maximum absolute atomic E-state index is 8.77. The molecular formula is C10H20N4O. The van der Waals surface area contributed by atoms with Crippen LogP contribution in [0.15, 0.2) is 12.7 Å². The second-order valence-electron chi connectivity index (χ2n) is 3.93. The summed E-state index contributed by atoms with van der Waals surface area (Å²) in [5.41, 5.74) is 0. The molecule has 1 rings (SSSR count). The highest BCUT2D eigenvalue weighted by atomic mass is 16.3. The first-order valence-electron chi connectivity index (χ1n) is 5.41. The van der Waals surface area contributed by atoms with E-state index in [0.717, 1.165) is 19.4 Å². The van der Waals surface area contributed by atoms with Gasteiger partial charge in [0.15, 0.2) is 0 Å². The van der Waals surface area contributed by atoms with Crippen molar-refractivity contribution in [3.05, 3.63) is 12.7 Å². The van der Waals surface area contributed by atoms with E-state index in [1.807, 2.05) is 4.68 Å². The second kappa shape index (κ2) is 6.53. The van der Waals surface area contributed by atoms with Gasteiger partial charge in [0.1, 0.15) is 12.7 Å². The predicted molar refractivity (Wildman–Crippen MR) is 58.4 cm³/mol. The third-order valence-corrected chi connectivity index (χ3v) is 2.39. The molecule has 2 atom stereocenters. The number of hydrogen-bond donors (Lipinski definition) is 2. The van der Waals surface area contributed by atoms with Gasteiger partial charge in [0.25, 0.3) is 0 Å². The number of rotatable bonds is 7. The molecule has 2 N–H and O–H groups in total. The zero-order valence-corrected chi connectivity index (χ0v) is 9.43. The molecule has 0 aliphatic carbocycles. The van der Waals surface area contributed by atoms with E-state index in [0.29, 0.717) is 12.1 Å². The maximum atomic E-state index is 8.77. The number of aryl methyl sites for hydroxylation is 1. The van der Waals surface area contributed by atoms with Crippen molar-refractivity contribution in [1.29, 1.82) is 0 Å². The lowest BCUT2D eigenvalue weighted by Gasteiger charge is -2.19. The van der Waals surface area contributed by atoms with Crippen molar-refractivity contribution >= 4 is 0 Å². The van der Waals surface area contributed by atoms with Crippen LogP contribution >= 0.6 is 0 Å². The molecule has 5 nitrogen and oxygen atoms in total. The molecule has 0 aromatic carbocycles. The lowest BCUT2D eigenvalue weighted by molar-refractivity contribution is 0.262. The SMILES string of the molecule is CC(CCO)NC(C)CCn1cncn1. The second-order valence-corrected chi connectivity index (χ2v) is 3.93. The Morgan fingerprint density at radius 3 is 2.67 bits per heavy atom. The lowest BCUT2D eigenvalue weighted by atomic mass is 10.2. The Bertz CT molecular complexity index is 250. The van der Waals surface area contributed by atoms with Crippen LogP contribution in [0.5, 0.6) is 0 Å². The topological polar surface area (TPSA) is 63.0 Å². The third kappa shape index (κ3) is 4.90. The molecule has 0 aliphatic rings. The molecule has 5 heteroatoms. The summed E-state index contributed by atoms with van der Waals surface area (Å²) in [7, 11) is 0. The maximum Gasteiger partial charge on any atom is 0.137 e. The van der Waals surface area contributed by atoms with Crippen LogP contribution in [0.3, 0.4) is 0 Å². The van der Waals surface area contributed by atoms with Crippen LogP contribution < -0.4 is 5.32 Å². The van der Waals surface area contributed by atoms with E-state index in [1.165, 1.54) is 0 Å². The highest BCUT2D eigenvalue weighted by Gasteiger charge is 2.06. The van der Waals surface area contributed by atoms with Crippen molar-refractivity contribution in [2.75, 3.05) is 6.61 Å². The van der Waals surface area contributed by atoms with Crippen molar-refractivity contribution in [3.8, 4) is 0 Å². The molecule has 0 spiro atoms. The summed E-state index contributed by atoms with van der Waals surface area (Å²) < 4.78 is 1.83. The standard InChI is InChI=1S/C10H20N4O/c1-9(13-10(2)4-6-15)3-5-14-8-11-7-12-14/h7-10,13,15H,3-6H2,1-2H3. The third-order valence-electron chi connectivity index (χ3n) is 2.39. The summed E-state index contributed by atoms with van der Waals surface area (Å²) >= 11 is 0. The summed E-state index contributed by atoms with van der Waals surface area (Å²) in [6.07, 6.45) is 5.09. The number of nitrogens with zero attached hydrogens (tertiary/aromatic N) is 3. The fourth-order valence-corrected chi connectivity index (χ4v) is 1.52. The van der Waals surface area contributed by atoms with Gasteiger partial charge in [-0.25, -0.2) is 4.98 Å². The van der Waals surface area contributed by atoms with Gasteiger partial charge in [-0.1, -0.05) is 0 Å². The highest BCUT2D eigenvalue weighted by molar-refractivity contribution is 4.68. The van der Waals surface area contributed by atoms with Gasteiger partial charge in [0.05, 0.1) is 0 Å². The van der Waals surface area contributed by atoms with E-state index in [-0.39, 0.29) is 6.61 Å². The van der Waals surface area contributed by atoms with E-state index in [9.17, 15) is 0 Å². The molecule has 0 aliphatic heterocycles. The molecule has 2 unspecified atom stereocenters. The van der Waals surface area contributed by atoms with Crippen LogP contribution in [0.4, 0.5) is 0 Å². The molecule has 1 aromatic heterocycles. The Balaban J connectivity index is 2.15. The van der Waals surface area contributed by atoms with Crippen LogP contribution in [0.2, 0.25) is 0 Å². The Hall–Kier alpha value is -0.940. The predicted octanol–water partition coefficient (Wildman–Crippen LogP) is 0.417. The number of hydrogen-bond acceptors (Lipinski definition) is 4. The Labute approximate surface area is 90.5 Å². The first-order chi connectivity index (χ1) is 7.22.